The Hall–Kier alpha value is -1.27. The number of carbonyl (C=O) groups is 1. The first-order valence-electron chi connectivity index (χ1n) is 5.60. The highest BCUT2D eigenvalue weighted by Crippen LogP contribution is 2.27. The van der Waals surface area contributed by atoms with Crippen molar-refractivity contribution in [2.24, 2.45) is 0 Å². The number of rotatable bonds is 4. The largest absolute Gasteiger partial charge is 0.480 e. The van der Waals surface area contributed by atoms with Crippen molar-refractivity contribution in [1.82, 2.24) is 9.88 Å². The summed E-state index contributed by atoms with van der Waals surface area (Å²) >= 11 is 9.33. The first kappa shape index (κ1) is 14.1. The highest BCUT2D eigenvalue weighted by atomic mass is 79.9. The number of cyclic esters (lactones) is 1. The predicted molar refractivity (Wildman–Crippen MR) is 75.6 cm³/mol. The van der Waals surface area contributed by atoms with Crippen LogP contribution < -0.4 is 4.74 Å². The number of nitrogens with zero attached hydrogens (tertiary/aromatic N) is 2. The van der Waals surface area contributed by atoms with Crippen LogP contribution in [0.4, 0.5) is 4.79 Å². The number of aromatic nitrogens is 1. The third kappa shape index (κ3) is 3.39. The summed E-state index contributed by atoms with van der Waals surface area (Å²) in [6.07, 6.45) is 1.56. The van der Waals surface area contributed by atoms with Gasteiger partial charge in [0.15, 0.2) is 0 Å². The van der Waals surface area contributed by atoms with Gasteiger partial charge in [-0.05, 0) is 34.1 Å². The summed E-state index contributed by atoms with van der Waals surface area (Å²) in [7, 11) is 1.51. The first-order valence-corrected chi connectivity index (χ1v) is 6.77. The lowest BCUT2D eigenvalue weighted by Gasteiger charge is -2.10. The highest BCUT2D eigenvalue weighted by molar-refractivity contribution is 9.15. The molecule has 1 fully saturated rings. The van der Waals surface area contributed by atoms with E-state index in [0.717, 1.165) is 4.48 Å². The monoisotopic (exact) mass is 346 g/mol. The molecule has 0 saturated carbocycles. The standard InChI is InChI=1S/C12H12BrClN2O3/c1-18-11-9(14)2-3-10(15-11)8(13)4-5-16-6-7-19-12(16)17/h2-4H,5-7H2,1H3. The van der Waals surface area contributed by atoms with Crippen LogP contribution in [0.2, 0.25) is 5.02 Å². The van der Waals surface area contributed by atoms with Crippen LogP contribution in [0.1, 0.15) is 5.69 Å². The molecule has 2 heterocycles. The Morgan fingerprint density at radius 1 is 1.68 bits per heavy atom. The van der Waals surface area contributed by atoms with E-state index >= 15 is 0 Å². The van der Waals surface area contributed by atoms with E-state index in [2.05, 4.69) is 20.9 Å². The van der Waals surface area contributed by atoms with E-state index in [0.29, 0.717) is 36.3 Å². The van der Waals surface area contributed by atoms with Crippen LogP contribution in [-0.4, -0.2) is 42.8 Å². The molecule has 2 rings (SSSR count). The second-order valence-corrected chi connectivity index (χ2v) is 5.06. The van der Waals surface area contributed by atoms with Crippen molar-refractivity contribution < 1.29 is 14.3 Å². The van der Waals surface area contributed by atoms with E-state index in [1.807, 2.05) is 6.08 Å². The van der Waals surface area contributed by atoms with Crippen LogP contribution in [-0.2, 0) is 4.74 Å². The van der Waals surface area contributed by atoms with Gasteiger partial charge in [0.2, 0.25) is 5.88 Å². The van der Waals surface area contributed by atoms with Crippen molar-refractivity contribution in [3.05, 3.63) is 28.9 Å². The van der Waals surface area contributed by atoms with E-state index in [-0.39, 0.29) is 6.09 Å². The lowest BCUT2D eigenvalue weighted by Crippen LogP contribution is -2.24. The maximum Gasteiger partial charge on any atom is 0.410 e. The van der Waals surface area contributed by atoms with Crippen molar-refractivity contribution in [3.8, 4) is 5.88 Å². The molecule has 0 unspecified atom stereocenters. The zero-order valence-electron chi connectivity index (χ0n) is 10.2. The van der Waals surface area contributed by atoms with Crippen molar-refractivity contribution >= 4 is 38.1 Å². The summed E-state index contributed by atoms with van der Waals surface area (Å²) in [5.74, 6) is 0.366. The fraction of sp³-hybridized carbons (Fsp3) is 0.333. The van der Waals surface area contributed by atoms with Gasteiger partial charge >= 0.3 is 6.09 Å². The summed E-state index contributed by atoms with van der Waals surface area (Å²) in [5, 5.41) is 0.453. The highest BCUT2D eigenvalue weighted by Gasteiger charge is 2.20. The number of ether oxygens (including phenoxy) is 2. The Morgan fingerprint density at radius 3 is 3.11 bits per heavy atom. The maximum absolute atomic E-state index is 11.3. The molecule has 1 aliphatic heterocycles. The number of methoxy groups -OCH3 is 1. The van der Waals surface area contributed by atoms with E-state index in [1.165, 1.54) is 7.11 Å². The molecular formula is C12H12BrClN2O3. The normalized spacial score (nSPS) is 15.6. The van der Waals surface area contributed by atoms with Crippen LogP contribution in [0.3, 0.4) is 0 Å². The molecule has 1 aliphatic rings. The Kier molecular flexibility index (Phi) is 4.66. The van der Waals surface area contributed by atoms with Gasteiger partial charge in [0.1, 0.15) is 11.6 Å². The minimum absolute atomic E-state index is 0.293. The van der Waals surface area contributed by atoms with Gasteiger partial charge in [0.05, 0.1) is 19.3 Å². The fourth-order valence-electron chi connectivity index (χ4n) is 1.59. The van der Waals surface area contributed by atoms with Gasteiger partial charge in [-0.2, -0.15) is 0 Å². The number of amides is 1. The van der Waals surface area contributed by atoms with Gasteiger partial charge in [-0.1, -0.05) is 11.6 Å². The maximum atomic E-state index is 11.3. The lowest BCUT2D eigenvalue weighted by molar-refractivity contribution is 0.161. The van der Waals surface area contributed by atoms with E-state index in [9.17, 15) is 4.79 Å². The summed E-state index contributed by atoms with van der Waals surface area (Å²) in [4.78, 5) is 17.1. The van der Waals surface area contributed by atoms with Crippen LogP contribution in [0, 0.1) is 0 Å². The van der Waals surface area contributed by atoms with Gasteiger partial charge in [-0.15, -0.1) is 0 Å². The Morgan fingerprint density at radius 2 is 2.47 bits per heavy atom. The Balaban J connectivity index is 2.10. The molecule has 1 aromatic heterocycles. The molecule has 1 saturated heterocycles. The quantitative estimate of drug-likeness (QED) is 0.840. The smallest absolute Gasteiger partial charge is 0.410 e. The lowest BCUT2D eigenvalue weighted by atomic mass is 10.3. The van der Waals surface area contributed by atoms with Gasteiger partial charge in [-0.3, -0.25) is 0 Å². The molecule has 0 atom stereocenters. The van der Waals surface area contributed by atoms with Crippen LogP contribution in [0.5, 0.6) is 5.88 Å². The number of pyridine rings is 1. The van der Waals surface area contributed by atoms with Crippen LogP contribution >= 0.6 is 27.5 Å². The van der Waals surface area contributed by atoms with Crippen LogP contribution in [0.15, 0.2) is 18.2 Å². The third-order valence-corrected chi connectivity index (χ3v) is 3.61. The molecule has 0 aromatic carbocycles. The molecule has 19 heavy (non-hydrogen) atoms. The molecule has 0 N–H and O–H groups in total. The third-order valence-electron chi connectivity index (χ3n) is 2.59. The molecule has 1 amide bonds. The average Bonchev–Trinajstić information content (AvgIpc) is 2.82. The van der Waals surface area contributed by atoms with E-state index in [4.69, 9.17) is 21.1 Å². The molecule has 7 heteroatoms. The predicted octanol–water partition coefficient (Wildman–Crippen LogP) is 2.93. The van der Waals surface area contributed by atoms with Crippen molar-refractivity contribution in [2.75, 3.05) is 26.8 Å². The number of hydrogen-bond acceptors (Lipinski definition) is 4. The first-order chi connectivity index (χ1) is 9.11. The zero-order valence-corrected chi connectivity index (χ0v) is 12.6. The second-order valence-electron chi connectivity index (χ2n) is 3.80. The molecule has 5 nitrogen and oxygen atoms in total. The minimum Gasteiger partial charge on any atom is -0.480 e. The number of halogens is 2. The molecule has 0 radical (unpaired) electrons. The fourth-order valence-corrected chi connectivity index (χ4v) is 2.13. The Labute approximate surface area is 124 Å². The van der Waals surface area contributed by atoms with Gasteiger partial charge in [-0.25, -0.2) is 9.78 Å². The number of hydrogen-bond donors (Lipinski definition) is 0. The molecule has 1 aromatic rings. The Bertz CT molecular complexity index is 522. The molecule has 0 aliphatic carbocycles. The van der Waals surface area contributed by atoms with Gasteiger partial charge < -0.3 is 14.4 Å². The van der Waals surface area contributed by atoms with E-state index < -0.39 is 0 Å². The van der Waals surface area contributed by atoms with Crippen molar-refractivity contribution in [2.45, 2.75) is 0 Å². The average molecular weight is 348 g/mol. The topological polar surface area (TPSA) is 51.7 Å². The van der Waals surface area contributed by atoms with Crippen molar-refractivity contribution in [3.63, 3.8) is 0 Å². The van der Waals surface area contributed by atoms with Crippen molar-refractivity contribution in [1.29, 1.82) is 0 Å². The SMILES string of the molecule is COc1nc(C(Br)=CCN2CCOC2=O)ccc1Cl. The molecule has 102 valence electrons. The summed E-state index contributed by atoms with van der Waals surface area (Å²) in [6, 6.07) is 3.48. The van der Waals surface area contributed by atoms with Gasteiger partial charge in [0, 0.05) is 11.0 Å². The summed E-state index contributed by atoms with van der Waals surface area (Å²) < 4.78 is 10.7. The molecular weight excluding hydrogens is 336 g/mol. The molecule has 0 spiro atoms. The second kappa shape index (κ2) is 6.25. The summed E-state index contributed by atoms with van der Waals surface area (Å²) in [6.45, 7) is 1.51. The van der Waals surface area contributed by atoms with Gasteiger partial charge in [0.25, 0.3) is 0 Å². The number of carbonyl (C=O) groups excluding carboxylic acids is 1. The summed E-state index contributed by atoms with van der Waals surface area (Å²) in [5.41, 5.74) is 0.689. The minimum atomic E-state index is -0.293. The zero-order chi connectivity index (χ0) is 13.8. The van der Waals surface area contributed by atoms with Crippen LogP contribution in [0.25, 0.3) is 4.48 Å². The van der Waals surface area contributed by atoms with E-state index in [1.54, 1.807) is 17.0 Å². The molecule has 0 bridgehead atoms.